The molecule has 0 fully saturated rings. The van der Waals surface area contributed by atoms with Crippen LogP contribution in [0, 0.1) is 6.92 Å². The van der Waals surface area contributed by atoms with Crippen LogP contribution in [0.15, 0.2) is 91.3 Å². The fourth-order valence-corrected chi connectivity index (χ4v) is 3.13. The Kier molecular flexibility index (Phi) is 6.32. The molecule has 1 aromatic heterocycles. The number of rotatable bonds is 6. The third-order valence-electron chi connectivity index (χ3n) is 4.90. The summed E-state index contributed by atoms with van der Waals surface area (Å²) in [5, 5.41) is 5.75. The first kappa shape index (κ1) is 20.9. The van der Waals surface area contributed by atoms with Gasteiger partial charge in [-0.25, -0.2) is 9.97 Å². The molecule has 0 saturated heterocycles. The van der Waals surface area contributed by atoms with Crippen molar-refractivity contribution in [1.82, 2.24) is 15.3 Å². The minimum Gasteiger partial charge on any atom is -0.348 e. The van der Waals surface area contributed by atoms with Crippen LogP contribution in [-0.2, 0) is 6.54 Å². The summed E-state index contributed by atoms with van der Waals surface area (Å²) in [6.07, 6.45) is 3.03. The summed E-state index contributed by atoms with van der Waals surface area (Å²) in [6.45, 7) is 2.29. The number of hydrogen-bond acceptors (Lipinski definition) is 4. The third kappa shape index (κ3) is 5.23. The first-order valence-electron chi connectivity index (χ1n) is 10.2. The fourth-order valence-electron chi connectivity index (χ4n) is 3.13. The number of carbonyl (C=O) groups excluding carboxylic acids is 2. The van der Waals surface area contributed by atoms with E-state index in [0.29, 0.717) is 29.2 Å². The average Bonchev–Trinajstić information content (AvgIpc) is 2.84. The molecular weight excluding hydrogens is 400 g/mol. The highest BCUT2D eigenvalue weighted by Gasteiger charge is 2.09. The quantitative estimate of drug-likeness (QED) is 0.474. The van der Waals surface area contributed by atoms with Gasteiger partial charge in [0.15, 0.2) is 5.82 Å². The number of aryl methyl sites for hydroxylation is 1. The van der Waals surface area contributed by atoms with E-state index in [1.807, 2.05) is 73.7 Å². The van der Waals surface area contributed by atoms with Crippen molar-refractivity contribution < 1.29 is 9.59 Å². The van der Waals surface area contributed by atoms with Crippen LogP contribution in [0.1, 0.15) is 31.8 Å². The maximum atomic E-state index is 12.5. The van der Waals surface area contributed by atoms with E-state index >= 15 is 0 Å². The Labute approximate surface area is 186 Å². The van der Waals surface area contributed by atoms with Crippen molar-refractivity contribution in [3.05, 3.63) is 114 Å². The van der Waals surface area contributed by atoms with Gasteiger partial charge in [0.05, 0.1) is 5.56 Å². The second kappa shape index (κ2) is 9.66. The number of aromatic nitrogens is 2. The second-order valence-corrected chi connectivity index (χ2v) is 7.36. The molecule has 0 atom stereocenters. The van der Waals surface area contributed by atoms with Gasteiger partial charge in [0.2, 0.25) is 0 Å². The van der Waals surface area contributed by atoms with Crippen LogP contribution in [0.4, 0.5) is 5.69 Å². The molecule has 6 nitrogen and oxygen atoms in total. The minimum absolute atomic E-state index is 0.179. The maximum Gasteiger partial charge on any atom is 0.255 e. The monoisotopic (exact) mass is 422 g/mol. The van der Waals surface area contributed by atoms with E-state index < -0.39 is 0 Å². The van der Waals surface area contributed by atoms with Gasteiger partial charge < -0.3 is 10.6 Å². The van der Waals surface area contributed by atoms with Crippen LogP contribution >= 0.6 is 0 Å². The van der Waals surface area contributed by atoms with Gasteiger partial charge in [-0.05, 0) is 36.8 Å². The molecule has 0 saturated carbocycles. The second-order valence-electron chi connectivity index (χ2n) is 7.36. The zero-order chi connectivity index (χ0) is 22.3. The number of nitrogens with zero attached hydrogens (tertiary/aromatic N) is 2. The number of amides is 2. The zero-order valence-corrected chi connectivity index (χ0v) is 17.6. The predicted molar refractivity (Wildman–Crippen MR) is 124 cm³/mol. The van der Waals surface area contributed by atoms with Crippen molar-refractivity contribution in [2.75, 3.05) is 5.32 Å². The Bertz CT molecular complexity index is 1220. The Morgan fingerprint density at radius 2 is 1.50 bits per heavy atom. The van der Waals surface area contributed by atoms with Gasteiger partial charge in [-0.3, -0.25) is 9.59 Å². The molecule has 4 rings (SSSR count). The molecule has 2 amide bonds. The lowest BCUT2D eigenvalue weighted by molar-refractivity contribution is 0.0949. The van der Waals surface area contributed by atoms with E-state index in [1.165, 1.54) is 12.4 Å². The molecule has 32 heavy (non-hydrogen) atoms. The summed E-state index contributed by atoms with van der Waals surface area (Å²) in [5.41, 5.74) is 4.49. The molecule has 158 valence electrons. The molecule has 0 spiro atoms. The molecule has 1 heterocycles. The number of hydrogen-bond donors (Lipinski definition) is 2. The normalized spacial score (nSPS) is 10.4. The van der Waals surface area contributed by atoms with Gasteiger partial charge in [-0.1, -0.05) is 60.2 Å². The highest BCUT2D eigenvalue weighted by atomic mass is 16.2. The first-order valence-corrected chi connectivity index (χ1v) is 10.2. The Morgan fingerprint density at radius 3 is 2.22 bits per heavy atom. The lowest BCUT2D eigenvalue weighted by atomic mass is 10.1. The predicted octanol–water partition coefficient (Wildman–Crippen LogP) is 4.63. The Morgan fingerprint density at radius 1 is 0.781 bits per heavy atom. The summed E-state index contributed by atoms with van der Waals surface area (Å²) in [5.74, 6) is 0.125. The smallest absolute Gasteiger partial charge is 0.255 e. The van der Waals surface area contributed by atoms with Crippen molar-refractivity contribution in [2.24, 2.45) is 0 Å². The Balaban J connectivity index is 1.36. The van der Waals surface area contributed by atoms with Crippen LogP contribution < -0.4 is 10.6 Å². The van der Waals surface area contributed by atoms with E-state index in [1.54, 1.807) is 12.1 Å². The van der Waals surface area contributed by atoms with Crippen LogP contribution in [0.2, 0.25) is 0 Å². The van der Waals surface area contributed by atoms with E-state index in [0.717, 1.165) is 16.7 Å². The summed E-state index contributed by atoms with van der Waals surface area (Å²) in [6, 6.07) is 24.3. The molecule has 4 aromatic rings. The number of anilines is 1. The van der Waals surface area contributed by atoms with Crippen molar-refractivity contribution in [3.63, 3.8) is 0 Å². The van der Waals surface area contributed by atoms with E-state index in [4.69, 9.17) is 0 Å². The van der Waals surface area contributed by atoms with Crippen LogP contribution in [-0.4, -0.2) is 21.8 Å². The van der Waals surface area contributed by atoms with Gasteiger partial charge in [-0.2, -0.15) is 0 Å². The highest BCUT2D eigenvalue weighted by molar-refractivity contribution is 6.04. The van der Waals surface area contributed by atoms with Gasteiger partial charge >= 0.3 is 0 Å². The zero-order valence-electron chi connectivity index (χ0n) is 17.6. The summed E-state index contributed by atoms with van der Waals surface area (Å²) >= 11 is 0. The lowest BCUT2D eigenvalue weighted by Crippen LogP contribution is -2.23. The van der Waals surface area contributed by atoms with Crippen molar-refractivity contribution >= 4 is 17.5 Å². The molecule has 0 radical (unpaired) electrons. The van der Waals surface area contributed by atoms with E-state index in [9.17, 15) is 9.59 Å². The fraction of sp³-hybridized carbons (Fsp3) is 0.0769. The molecule has 0 aliphatic carbocycles. The average molecular weight is 422 g/mol. The molecular formula is C26H22N4O2. The van der Waals surface area contributed by atoms with Gasteiger partial charge in [-0.15, -0.1) is 0 Å². The van der Waals surface area contributed by atoms with Crippen LogP contribution in [0.25, 0.3) is 11.4 Å². The van der Waals surface area contributed by atoms with Gasteiger partial charge in [0.25, 0.3) is 11.8 Å². The molecule has 3 aromatic carbocycles. The number of carbonyl (C=O) groups is 2. The van der Waals surface area contributed by atoms with Crippen molar-refractivity contribution in [2.45, 2.75) is 13.5 Å². The molecule has 0 unspecified atom stereocenters. The van der Waals surface area contributed by atoms with Crippen molar-refractivity contribution in [1.29, 1.82) is 0 Å². The summed E-state index contributed by atoms with van der Waals surface area (Å²) in [4.78, 5) is 33.5. The van der Waals surface area contributed by atoms with E-state index in [2.05, 4.69) is 20.6 Å². The summed E-state index contributed by atoms with van der Waals surface area (Å²) in [7, 11) is 0. The third-order valence-corrected chi connectivity index (χ3v) is 4.90. The number of nitrogens with one attached hydrogen (secondary N) is 2. The molecule has 0 aliphatic rings. The molecule has 0 aliphatic heterocycles. The lowest BCUT2D eigenvalue weighted by Gasteiger charge is -2.09. The summed E-state index contributed by atoms with van der Waals surface area (Å²) < 4.78 is 0. The SMILES string of the molecule is Cc1ccc(C(=O)Nc2cccc(CNC(=O)c3cnc(-c4ccccc4)nc3)c2)cc1. The highest BCUT2D eigenvalue weighted by Crippen LogP contribution is 2.15. The van der Waals surface area contributed by atoms with Gasteiger partial charge in [0.1, 0.15) is 0 Å². The largest absolute Gasteiger partial charge is 0.348 e. The van der Waals surface area contributed by atoms with Gasteiger partial charge in [0, 0.05) is 35.8 Å². The molecule has 6 heteroatoms. The standard InChI is InChI=1S/C26H22N4O2/c1-18-10-12-21(13-11-18)26(32)30-23-9-5-6-19(14-23)15-29-25(31)22-16-27-24(28-17-22)20-7-3-2-4-8-20/h2-14,16-17H,15H2,1H3,(H,29,31)(H,30,32). The van der Waals surface area contributed by atoms with Crippen LogP contribution in [0.3, 0.4) is 0 Å². The molecule has 2 N–H and O–H groups in total. The molecule has 0 bridgehead atoms. The first-order chi connectivity index (χ1) is 15.6. The maximum absolute atomic E-state index is 12.5. The van der Waals surface area contributed by atoms with E-state index in [-0.39, 0.29) is 11.8 Å². The number of benzene rings is 3. The van der Waals surface area contributed by atoms with Crippen LogP contribution in [0.5, 0.6) is 0 Å². The Hall–Kier alpha value is -4.32. The topological polar surface area (TPSA) is 84.0 Å². The minimum atomic E-state index is -0.265. The van der Waals surface area contributed by atoms with Crippen molar-refractivity contribution in [3.8, 4) is 11.4 Å².